The van der Waals surface area contributed by atoms with Crippen molar-refractivity contribution in [2.24, 2.45) is 0 Å². The summed E-state index contributed by atoms with van der Waals surface area (Å²) >= 11 is 1.69. The van der Waals surface area contributed by atoms with Crippen LogP contribution in [0.25, 0.3) is 11.1 Å². The molecule has 2 heterocycles. The van der Waals surface area contributed by atoms with Gasteiger partial charge in [0, 0.05) is 23.3 Å². The molecule has 1 N–H and O–H groups in total. The first-order chi connectivity index (χ1) is 21.0. The molecule has 0 saturated heterocycles. The van der Waals surface area contributed by atoms with Crippen molar-refractivity contribution in [3.63, 3.8) is 0 Å². The molecule has 0 aliphatic heterocycles. The fourth-order valence-corrected chi connectivity index (χ4v) is 5.43. The van der Waals surface area contributed by atoms with Crippen LogP contribution in [0.5, 0.6) is 11.5 Å². The van der Waals surface area contributed by atoms with Crippen LogP contribution in [0.3, 0.4) is 0 Å². The van der Waals surface area contributed by atoms with Crippen molar-refractivity contribution in [1.29, 1.82) is 0 Å². The number of aryl methyl sites for hydroxylation is 1. The van der Waals surface area contributed by atoms with E-state index in [2.05, 4.69) is 29.7 Å². The molecule has 0 saturated carbocycles. The van der Waals surface area contributed by atoms with Crippen LogP contribution in [0, 0.1) is 6.92 Å². The molecule has 5 rings (SSSR count). The summed E-state index contributed by atoms with van der Waals surface area (Å²) in [4.78, 5) is 18.0. The molecule has 0 amide bonds. The minimum atomic E-state index is -4.57. The molecular formula is C34H30F3NO5S. The highest BCUT2D eigenvalue weighted by molar-refractivity contribution is 7.11. The van der Waals surface area contributed by atoms with Crippen LogP contribution in [-0.4, -0.2) is 28.3 Å². The Morgan fingerprint density at radius 3 is 2.57 bits per heavy atom. The average molecular weight is 622 g/mol. The van der Waals surface area contributed by atoms with Crippen LogP contribution < -0.4 is 9.47 Å². The number of nitrogens with zero attached hydrogens (tertiary/aromatic N) is 1. The zero-order valence-corrected chi connectivity index (χ0v) is 24.9. The van der Waals surface area contributed by atoms with Crippen molar-refractivity contribution in [2.45, 2.75) is 44.9 Å². The topological polar surface area (TPSA) is 81.8 Å². The third-order valence-electron chi connectivity index (χ3n) is 7.10. The monoisotopic (exact) mass is 621 g/mol. The first-order valence-electron chi connectivity index (χ1n) is 13.9. The van der Waals surface area contributed by atoms with Crippen molar-refractivity contribution in [1.82, 2.24) is 4.98 Å². The number of allylic oxidation sites excluding steroid dienone is 6. The molecule has 0 spiro atoms. The largest absolute Gasteiger partial charge is 0.493 e. The predicted octanol–water partition coefficient (Wildman–Crippen LogP) is 8.58. The lowest BCUT2D eigenvalue weighted by Gasteiger charge is -2.27. The van der Waals surface area contributed by atoms with Gasteiger partial charge in [-0.3, -0.25) is 0 Å². The van der Waals surface area contributed by atoms with Crippen LogP contribution in [0.4, 0.5) is 13.2 Å². The minimum Gasteiger partial charge on any atom is -0.493 e. The number of thiophene rings is 1. The second-order valence-corrected chi connectivity index (χ2v) is 11.5. The van der Waals surface area contributed by atoms with E-state index in [1.807, 2.05) is 19.1 Å². The standard InChI is InChI=1S/C34H30F3NO5S/c1-22-29(38-31(42-22)25-7-3-6-24(13-14-25)30-10-5-19-44-30)17-18-41-27-15-11-23(12-16-27)21-33(2,32(39)40)43-28-9-4-8-26(20-28)34(35,36)37/h3-6,8-16,19-20H,7,17-18,21H2,1-2H3,(H,39,40). The number of carbonyl (C=O) groups is 1. The van der Waals surface area contributed by atoms with Crippen LogP contribution in [-0.2, 0) is 23.8 Å². The highest BCUT2D eigenvalue weighted by Crippen LogP contribution is 2.33. The van der Waals surface area contributed by atoms with Gasteiger partial charge in [-0.2, -0.15) is 13.2 Å². The van der Waals surface area contributed by atoms with Gasteiger partial charge in [0.2, 0.25) is 11.5 Å². The summed E-state index contributed by atoms with van der Waals surface area (Å²) < 4.78 is 56.7. The van der Waals surface area contributed by atoms with Crippen LogP contribution >= 0.6 is 11.3 Å². The maximum atomic E-state index is 13.1. The number of rotatable bonds is 11. The minimum absolute atomic E-state index is 0.0746. The number of hydrogen-bond acceptors (Lipinski definition) is 6. The van der Waals surface area contributed by atoms with Gasteiger partial charge in [0.25, 0.3) is 0 Å². The molecule has 44 heavy (non-hydrogen) atoms. The zero-order valence-electron chi connectivity index (χ0n) is 24.1. The molecule has 1 aliphatic carbocycles. The zero-order chi connectivity index (χ0) is 31.3. The van der Waals surface area contributed by atoms with Crippen molar-refractivity contribution in [3.05, 3.63) is 124 Å². The summed E-state index contributed by atoms with van der Waals surface area (Å²) in [5.41, 5.74) is 0.849. The lowest BCUT2D eigenvalue weighted by molar-refractivity contribution is -0.153. The number of aliphatic carboxylic acids is 1. The quantitative estimate of drug-likeness (QED) is 0.181. The Morgan fingerprint density at radius 1 is 1.07 bits per heavy atom. The van der Waals surface area contributed by atoms with Gasteiger partial charge in [-0.05, 0) is 73.2 Å². The third kappa shape index (κ3) is 7.49. The number of carboxylic acid groups (broad SMARTS) is 1. The number of hydrogen-bond donors (Lipinski definition) is 1. The van der Waals surface area contributed by atoms with Crippen LogP contribution in [0.15, 0.2) is 94.8 Å². The Balaban J connectivity index is 1.18. The average Bonchev–Trinajstić information content (AvgIpc) is 3.57. The van der Waals surface area contributed by atoms with Gasteiger partial charge in [-0.15, -0.1) is 11.3 Å². The van der Waals surface area contributed by atoms with E-state index < -0.39 is 23.3 Å². The Bertz CT molecular complexity index is 1700. The SMILES string of the molecule is Cc1oc(C2=CC=C(c3cccs3)C=CC2)nc1CCOc1ccc(CC(C)(Oc2cccc(C(F)(F)F)c2)C(=O)O)cc1. The van der Waals surface area contributed by atoms with Crippen molar-refractivity contribution >= 4 is 28.5 Å². The molecule has 228 valence electrons. The lowest BCUT2D eigenvalue weighted by Crippen LogP contribution is -2.43. The lowest BCUT2D eigenvalue weighted by atomic mass is 9.96. The maximum Gasteiger partial charge on any atom is 0.416 e. The van der Waals surface area contributed by atoms with E-state index in [0.29, 0.717) is 36.7 Å². The number of ether oxygens (including phenoxy) is 2. The van der Waals surface area contributed by atoms with Gasteiger partial charge in [0.05, 0.1) is 17.9 Å². The summed E-state index contributed by atoms with van der Waals surface area (Å²) in [6.07, 6.45) is 4.92. The van der Waals surface area contributed by atoms with Gasteiger partial charge in [-0.25, -0.2) is 9.78 Å². The van der Waals surface area contributed by atoms with Gasteiger partial charge >= 0.3 is 12.1 Å². The summed E-state index contributed by atoms with van der Waals surface area (Å²) in [6, 6.07) is 15.1. The van der Waals surface area contributed by atoms with E-state index in [-0.39, 0.29) is 12.2 Å². The van der Waals surface area contributed by atoms with Gasteiger partial charge in [-0.1, -0.05) is 48.6 Å². The summed E-state index contributed by atoms with van der Waals surface area (Å²) in [5, 5.41) is 11.9. The van der Waals surface area contributed by atoms with Crippen molar-refractivity contribution in [3.8, 4) is 11.5 Å². The molecule has 1 atom stereocenters. The number of benzene rings is 2. The van der Waals surface area contributed by atoms with E-state index >= 15 is 0 Å². The summed E-state index contributed by atoms with van der Waals surface area (Å²) in [7, 11) is 0. The highest BCUT2D eigenvalue weighted by Gasteiger charge is 2.37. The van der Waals surface area contributed by atoms with Crippen molar-refractivity contribution in [2.75, 3.05) is 6.61 Å². The molecule has 0 radical (unpaired) electrons. The van der Waals surface area contributed by atoms with Gasteiger partial charge in [0.1, 0.15) is 17.3 Å². The fourth-order valence-electron chi connectivity index (χ4n) is 4.70. The van der Waals surface area contributed by atoms with Crippen molar-refractivity contribution < 1.29 is 37.0 Å². The number of oxazole rings is 1. The van der Waals surface area contributed by atoms with E-state index in [1.165, 1.54) is 23.9 Å². The second-order valence-electron chi connectivity index (χ2n) is 10.5. The van der Waals surface area contributed by atoms with Crippen LogP contribution in [0.2, 0.25) is 0 Å². The molecule has 2 aromatic carbocycles. The molecule has 2 aromatic heterocycles. The molecule has 6 nitrogen and oxygen atoms in total. The summed E-state index contributed by atoms with van der Waals surface area (Å²) in [6.45, 7) is 3.55. The molecule has 4 aromatic rings. The predicted molar refractivity (Wildman–Crippen MR) is 163 cm³/mol. The van der Waals surface area contributed by atoms with Crippen LogP contribution in [0.1, 0.15) is 46.7 Å². The first kappa shape index (κ1) is 30.9. The Hall–Kier alpha value is -4.57. The van der Waals surface area contributed by atoms with E-state index in [4.69, 9.17) is 18.9 Å². The number of alkyl halides is 3. The molecule has 1 unspecified atom stereocenters. The molecule has 1 aliphatic rings. The number of aromatic nitrogens is 1. The summed E-state index contributed by atoms with van der Waals surface area (Å²) in [5.74, 6) is 0.414. The third-order valence-corrected chi connectivity index (χ3v) is 8.02. The Kier molecular flexibility index (Phi) is 9.10. The molecule has 10 heteroatoms. The number of carboxylic acids is 1. The highest BCUT2D eigenvalue weighted by atomic mass is 32.1. The normalized spacial score (nSPS) is 14.8. The Morgan fingerprint density at radius 2 is 1.86 bits per heavy atom. The smallest absolute Gasteiger partial charge is 0.416 e. The van der Waals surface area contributed by atoms with E-state index in [0.717, 1.165) is 34.7 Å². The van der Waals surface area contributed by atoms with E-state index in [1.54, 1.807) is 35.6 Å². The van der Waals surface area contributed by atoms with Gasteiger partial charge in [0.15, 0.2) is 0 Å². The number of halogens is 3. The molecule has 0 bridgehead atoms. The molecule has 0 fully saturated rings. The second kappa shape index (κ2) is 13.0. The van der Waals surface area contributed by atoms with Gasteiger partial charge < -0.3 is 19.0 Å². The maximum absolute atomic E-state index is 13.1. The molecular weight excluding hydrogens is 591 g/mol. The fraction of sp³-hybridized carbons (Fsp3) is 0.235. The Labute approximate surface area is 256 Å². The first-order valence-corrected chi connectivity index (χ1v) is 14.8. The van der Waals surface area contributed by atoms with E-state index in [9.17, 15) is 23.1 Å².